The third kappa shape index (κ3) is 4.71. The summed E-state index contributed by atoms with van der Waals surface area (Å²) in [6.45, 7) is 1.36. The van der Waals surface area contributed by atoms with Crippen molar-refractivity contribution in [1.82, 2.24) is 5.01 Å². The zero-order chi connectivity index (χ0) is 21.9. The lowest BCUT2D eigenvalue weighted by Gasteiger charge is -2.27. The van der Waals surface area contributed by atoms with Crippen LogP contribution in [0.4, 0.5) is 18.9 Å². The molecule has 0 saturated carbocycles. The van der Waals surface area contributed by atoms with Crippen molar-refractivity contribution in [3.05, 3.63) is 64.7 Å². The first kappa shape index (κ1) is 22.4. The molecule has 1 heterocycles. The summed E-state index contributed by atoms with van der Waals surface area (Å²) < 4.78 is 62.9. The number of hydrazone groups is 1. The predicted octanol–water partition coefficient (Wildman–Crippen LogP) is 4.11. The van der Waals surface area contributed by atoms with E-state index in [4.69, 9.17) is 17.4 Å². The fourth-order valence-corrected chi connectivity index (χ4v) is 3.93. The molecule has 0 bridgehead atoms. The molecule has 0 spiro atoms. The Balaban J connectivity index is 2.19. The zero-order valence-corrected chi connectivity index (χ0v) is 17.4. The van der Waals surface area contributed by atoms with E-state index >= 15 is 0 Å². The number of hydrazine groups is 1. The van der Waals surface area contributed by atoms with Gasteiger partial charge in [-0.15, -0.1) is 0 Å². The van der Waals surface area contributed by atoms with Crippen LogP contribution in [0.2, 0.25) is 5.02 Å². The third-order valence-corrected chi connectivity index (χ3v) is 6.16. The molecule has 2 N–H and O–H groups in total. The van der Waals surface area contributed by atoms with Gasteiger partial charge >= 0.3 is 15.5 Å². The Bertz CT molecular complexity index is 1020. The lowest BCUT2D eigenvalue weighted by atomic mass is 10.0. The Labute approximate surface area is 177 Å². The quantitative estimate of drug-likeness (QED) is 0.414. The zero-order valence-electron chi connectivity index (χ0n) is 15.8. The van der Waals surface area contributed by atoms with E-state index in [-0.39, 0.29) is 26.4 Å². The SMILES string of the molecule is NN(c1ccc(Cl)cc1/C(=N/N1CCCCC1)c1ccccc1)S(=O)(=O)C(F)(F)F. The van der Waals surface area contributed by atoms with Crippen molar-refractivity contribution < 1.29 is 21.6 Å². The summed E-state index contributed by atoms with van der Waals surface area (Å²) in [7, 11) is -5.81. The number of sulfonamides is 1. The Morgan fingerprint density at radius 2 is 1.70 bits per heavy atom. The van der Waals surface area contributed by atoms with Crippen LogP contribution in [0.25, 0.3) is 0 Å². The molecular formula is C19H20ClF3N4O2S. The van der Waals surface area contributed by atoms with Crippen molar-refractivity contribution in [2.75, 3.05) is 17.5 Å². The number of anilines is 1. The van der Waals surface area contributed by atoms with Crippen LogP contribution in [0.3, 0.4) is 0 Å². The lowest BCUT2D eigenvalue weighted by molar-refractivity contribution is -0.0438. The largest absolute Gasteiger partial charge is 0.518 e. The van der Waals surface area contributed by atoms with Crippen molar-refractivity contribution in [3.63, 3.8) is 0 Å². The molecule has 0 atom stereocenters. The molecule has 0 amide bonds. The van der Waals surface area contributed by atoms with Gasteiger partial charge in [-0.25, -0.2) is 5.84 Å². The molecule has 2 aromatic carbocycles. The molecule has 1 saturated heterocycles. The number of nitrogens with zero attached hydrogens (tertiary/aromatic N) is 3. The van der Waals surface area contributed by atoms with Gasteiger partial charge in [0.2, 0.25) is 0 Å². The number of hydrogen-bond acceptors (Lipinski definition) is 5. The van der Waals surface area contributed by atoms with Crippen molar-refractivity contribution >= 4 is 33.0 Å². The average Bonchev–Trinajstić information content (AvgIpc) is 2.72. The number of nitrogens with two attached hydrogens (primary N) is 1. The maximum atomic E-state index is 13.1. The Morgan fingerprint density at radius 3 is 2.30 bits per heavy atom. The molecule has 1 fully saturated rings. The van der Waals surface area contributed by atoms with Gasteiger partial charge in [0, 0.05) is 29.2 Å². The number of alkyl halides is 3. The van der Waals surface area contributed by atoms with Crippen LogP contribution in [0.1, 0.15) is 30.4 Å². The maximum Gasteiger partial charge on any atom is 0.518 e. The van der Waals surface area contributed by atoms with Gasteiger partial charge in [-0.2, -0.15) is 31.1 Å². The molecule has 11 heteroatoms. The second kappa shape index (κ2) is 8.83. The number of hydrogen-bond donors (Lipinski definition) is 1. The maximum absolute atomic E-state index is 13.1. The van der Waals surface area contributed by atoms with E-state index in [2.05, 4.69) is 5.10 Å². The molecule has 0 aliphatic carbocycles. The van der Waals surface area contributed by atoms with Gasteiger partial charge in [0.05, 0.1) is 11.4 Å². The minimum Gasteiger partial charge on any atom is -0.296 e. The fourth-order valence-electron chi connectivity index (χ4n) is 3.11. The molecule has 6 nitrogen and oxygen atoms in total. The van der Waals surface area contributed by atoms with Gasteiger partial charge in [0.15, 0.2) is 0 Å². The van der Waals surface area contributed by atoms with Crippen molar-refractivity contribution in [2.24, 2.45) is 10.9 Å². The summed E-state index contributed by atoms with van der Waals surface area (Å²) in [5, 5.41) is 6.66. The fraction of sp³-hybridized carbons (Fsp3) is 0.316. The van der Waals surface area contributed by atoms with Gasteiger partial charge in [0.25, 0.3) is 0 Å². The van der Waals surface area contributed by atoms with E-state index in [1.54, 1.807) is 30.3 Å². The van der Waals surface area contributed by atoms with Crippen molar-refractivity contribution in [2.45, 2.75) is 24.8 Å². The van der Waals surface area contributed by atoms with Crippen LogP contribution in [-0.2, 0) is 10.0 Å². The first-order valence-electron chi connectivity index (χ1n) is 9.16. The van der Waals surface area contributed by atoms with Crippen LogP contribution in [0, 0.1) is 0 Å². The van der Waals surface area contributed by atoms with E-state index < -0.39 is 15.5 Å². The first-order valence-corrected chi connectivity index (χ1v) is 11.0. The highest BCUT2D eigenvalue weighted by molar-refractivity contribution is 7.93. The monoisotopic (exact) mass is 460 g/mol. The predicted molar refractivity (Wildman–Crippen MR) is 111 cm³/mol. The molecule has 3 rings (SSSR count). The van der Waals surface area contributed by atoms with E-state index in [0.29, 0.717) is 18.7 Å². The van der Waals surface area contributed by atoms with E-state index in [1.807, 2.05) is 5.01 Å². The van der Waals surface area contributed by atoms with Crippen molar-refractivity contribution in [1.29, 1.82) is 0 Å². The molecule has 30 heavy (non-hydrogen) atoms. The van der Waals surface area contributed by atoms with E-state index in [1.165, 1.54) is 12.1 Å². The van der Waals surface area contributed by atoms with Crippen LogP contribution in [0.5, 0.6) is 0 Å². The first-order chi connectivity index (χ1) is 14.1. The van der Waals surface area contributed by atoms with Crippen molar-refractivity contribution in [3.8, 4) is 0 Å². The molecule has 2 aromatic rings. The second-order valence-electron chi connectivity index (χ2n) is 6.74. The molecule has 1 aliphatic rings. The van der Waals surface area contributed by atoms with Gasteiger partial charge < -0.3 is 0 Å². The Morgan fingerprint density at radius 1 is 1.07 bits per heavy atom. The minimum atomic E-state index is -5.81. The molecule has 162 valence electrons. The molecule has 0 unspecified atom stereocenters. The standard InChI is InChI=1S/C19H20ClF3N4O2S/c20-15-9-10-17(27(24)30(28,29)19(21,22)23)16(13-15)18(14-7-3-1-4-8-14)25-26-11-5-2-6-12-26/h1,3-4,7-10,13H,2,5-6,11-12,24H2/b25-18+. The van der Waals surface area contributed by atoms with Crippen LogP contribution < -0.4 is 10.3 Å². The Kier molecular flexibility index (Phi) is 6.59. The van der Waals surface area contributed by atoms with Crippen LogP contribution >= 0.6 is 11.6 Å². The Hall–Kier alpha value is -2.30. The topological polar surface area (TPSA) is 79.0 Å². The van der Waals surface area contributed by atoms with Gasteiger partial charge in [-0.1, -0.05) is 41.9 Å². The highest BCUT2D eigenvalue weighted by Crippen LogP contribution is 2.33. The highest BCUT2D eigenvalue weighted by Gasteiger charge is 2.50. The normalized spacial score (nSPS) is 15.9. The van der Waals surface area contributed by atoms with E-state index in [9.17, 15) is 21.6 Å². The number of piperidine rings is 1. The smallest absolute Gasteiger partial charge is 0.296 e. The average molecular weight is 461 g/mol. The summed E-state index contributed by atoms with van der Waals surface area (Å²) in [5.74, 6) is 5.47. The second-order valence-corrected chi connectivity index (χ2v) is 8.98. The lowest BCUT2D eigenvalue weighted by Crippen LogP contribution is -2.46. The van der Waals surface area contributed by atoms with E-state index in [0.717, 1.165) is 25.3 Å². The molecular weight excluding hydrogens is 441 g/mol. The molecule has 0 radical (unpaired) electrons. The molecule has 1 aliphatic heterocycles. The summed E-state index contributed by atoms with van der Waals surface area (Å²) >= 11 is 6.10. The number of halogens is 4. The summed E-state index contributed by atoms with van der Waals surface area (Å²) in [4.78, 5) is 0. The van der Waals surface area contributed by atoms with Gasteiger partial charge in [0.1, 0.15) is 0 Å². The highest BCUT2D eigenvalue weighted by atomic mass is 35.5. The van der Waals surface area contributed by atoms with Gasteiger partial charge in [-0.05, 0) is 37.5 Å². The molecule has 0 aromatic heterocycles. The third-order valence-electron chi connectivity index (χ3n) is 4.62. The van der Waals surface area contributed by atoms with Gasteiger partial charge in [-0.3, -0.25) is 5.01 Å². The van der Waals surface area contributed by atoms with Crippen LogP contribution in [0.15, 0.2) is 53.6 Å². The summed E-state index contributed by atoms with van der Waals surface area (Å²) in [6, 6.07) is 12.5. The number of rotatable bonds is 5. The minimum absolute atomic E-state index is 0.0783. The summed E-state index contributed by atoms with van der Waals surface area (Å²) in [6.07, 6.45) is 2.92. The number of benzene rings is 2. The van der Waals surface area contributed by atoms with Crippen LogP contribution in [-0.4, -0.2) is 37.7 Å². The summed E-state index contributed by atoms with van der Waals surface area (Å²) in [5.41, 5.74) is -4.99.